The molecule has 1 atom stereocenters. The Morgan fingerprint density at radius 1 is 1.00 bits per heavy atom. The van der Waals surface area contributed by atoms with Gasteiger partial charge in [-0.25, -0.2) is 0 Å². The first-order valence-electron chi connectivity index (χ1n) is 5.81. The molecule has 2 aromatic rings. The zero-order chi connectivity index (χ0) is 12.8. The molecule has 0 spiro atoms. The van der Waals surface area contributed by atoms with Crippen molar-refractivity contribution in [1.29, 1.82) is 0 Å². The molecule has 1 N–H and O–H groups in total. The highest BCUT2D eigenvalue weighted by molar-refractivity contribution is 9.10. The van der Waals surface area contributed by atoms with Crippen molar-refractivity contribution in [2.75, 3.05) is 6.61 Å². The molecule has 3 heteroatoms. The van der Waals surface area contributed by atoms with E-state index >= 15 is 0 Å². The predicted octanol–water partition coefficient (Wildman–Crippen LogP) is 3.70. The van der Waals surface area contributed by atoms with Gasteiger partial charge in [0.15, 0.2) is 0 Å². The highest BCUT2D eigenvalue weighted by Gasteiger charge is 2.10. The lowest BCUT2D eigenvalue weighted by Gasteiger charge is -2.16. The van der Waals surface area contributed by atoms with Gasteiger partial charge < -0.3 is 9.84 Å². The van der Waals surface area contributed by atoms with Crippen molar-refractivity contribution in [1.82, 2.24) is 0 Å². The molecule has 0 aromatic heterocycles. The van der Waals surface area contributed by atoms with E-state index in [2.05, 4.69) is 15.9 Å². The average molecular weight is 307 g/mol. The van der Waals surface area contributed by atoms with Gasteiger partial charge in [-0.3, -0.25) is 0 Å². The number of halogens is 1. The third-order valence-electron chi connectivity index (χ3n) is 2.70. The van der Waals surface area contributed by atoms with Crippen LogP contribution >= 0.6 is 15.9 Å². The normalized spacial score (nSPS) is 12.3. The summed E-state index contributed by atoms with van der Waals surface area (Å²) in [6.45, 7) is 0.483. The fraction of sp³-hybridized carbons (Fsp3) is 0.200. The third-order valence-corrected chi connectivity index (χ3v) is 3.23. The van der Waals surface area contributed by atoms with Gasteiger partial charge in [0.1, 0.15) is 6.10 Å². The van der Waals surface area contributed by atoms with E-state index < -0.39 is 0 Å². The average Bonchev–Trinajstić information content (AvgIpc) is 2.42. The number of aliphatic hydroxyl groups is 1. The lowest BCUT2D eigenvalue weighted by atomic mass is 10.1. The van der Waals surface area contributed by atoms with Crippen LogP contribution in [0.1, 0.15) is 17.2 Å². The predicted molar refractivity (Wildman–Crippen MR) is 75.2 cm³/mol. The third kappa shape index (κ3) is 3.67. The largest absolute Gasteiger partial charge is 0.393 e. The number of hydrogen-bond donors (Lipinski definition) is 1. The first-order chi connectivity index (χ1) is 8.79. The molecule has 1 unspecified atom stereocenters. The molecule has 2 rings (SSSR count). The Balaban J connectivity index is 1.99. The summed E-state index contributed by atoms with van der Waals surface area (Å²) < 4.78 is 6.76. The number of ether oxygens (including phenoxy) is 1. The number of aliphatic hydroxyl groups excluding tert-OH is 1. The van der Waals surface area contributed by atoms with Crippen LogP contribution in [-0.4, -0.2) is 11.7 Å². The van der Waals surface area contributed by atoms with Crippen LogP contribution in [0.5, 0.6) is 0 Å². The van der Waals surface area contributed by atoms with Crippen LogP contribution in [-0.2, 0) is 11.3 Å². The van der Waals surface area contributed by atoms with E-state index in [9.17, 15) is 5.11 Å². The van der Waals surface area contributed by atoms with Crippen LogP contribution in [0.4, 0.5) is 0 Å². The zero-order valence-electron chi connectivity index (χ0n) is 9.92. The summed E-state index contributed by atoms with van der Waals surface area (Å²) in [7, 11) is 0. The van der Waals surface area contributed by atoms with Crippen molar-refractivity contribution in [3.8, 4) is 0 Å². The zero-order valence-corrected chi connectivity index (χ0v) is 11.5. The van der Waals surface area contributed by atoms with Crippen LogP contribution in [0.2, 0.25) is 0 Å². The first kappa shape index (κ1) is 13.3. The molecule has 0 saturated carbocycles. The maximum absolute atomic E-state index is 9.39. The van der Waals surface area contributed by atoms with E-state index in [-0.39, 0.29) is 12.7 Å². The molecule has 0 heterocycles. The van der Waals surface area contributed by atoms with E-state index in [1.54, 1.807) is 0 Å². The fourth-order valence-electron chi connectivity index (χ4n) is 1.70. The van der Waals surface area contributed by atoms with Crippen molar-refractivity contribution in [2.45, 2.75) is 12.7 Å². The van der Waals surface area contributed by atoms with Gasteiger partial charge in [-0.05, 0) is 23.3 Å². The van der Waals surface area contributed by atoms with Gasteiger partial charge in [0.25, 0.3) is 0 Å². The Bertz CT molecular complexity index is 468. The number of hydrogen-bond acceptors (Lipinski definition) is 2. The monoisotopic (exact) mass is 306 g/mol. The summed E-state index contributed by atoms with van der Waals surface area (Å²) in [6, 6.07) is 17.8. The topological polar surface area (TPSA) is 29.5 Å². The molecular weight excluding hydrogens is 292 g/mol. The standard InChI is InChI=1S/C15H15BrO2/c16-14-8-6-13(7-9-14)15(10-17)18-11-12-4-2-1-3-5-12/h1-9,15,17H,10-11H2. The van der Waals surface area contributed by atoms with Crippen LogP contribution < -0.4 is 0 Å². The summed E-state index contributed by atoms with van der Waals surface area (Å²) >= 11 is 3.39. The van der Waals surface area contributed by atoms with Crippen LogP contribution in [0.15, 0.2) is 59.1 Å². The number of benzene rings is 2. The summed E-state index contributed by atoms with van der Waals surface area (Å²) in [4.78, 5) is 0. The molecule has 94 valence electrons. The van der Waals surface area contributed by atoms with Crippen LogP contribution in [0.25, 0.3) is 0 Å². The molecule has 0 fully saturated rings. The molecule has 2 aromatic carbocycles. The lowest BCUT2D eigenvalue weighted by Crippen LogP contribution is -2.08. The molecule has 0 aliphatic rings. The van der Waals surface area contributed by atoms with Crippen molar-refractivity contribution >= 4 is 15.9 Å². The van der Waals surface area contributed by atoms with Crippen molar-refractivity contribution in [3.05, 3.63) is 70.2 Å². The van der Waals surface area contributed by atoms with Crippen molar-refractivity contribution in [3.63, 3.8) is 0 Å². The molecule has 0 aliphatic heterocycles. The van der Waals surface area contributed by atoms with Gasteiger partial charge in [0.05, 0.1) is 13.2 Å². The molecule has 2 nitrogen and oxygen atoms in total. The Labute approximate surface area is 115 Å². The van der Waals surface area contributed by atoms with Crippen molar-refractivity contribution in [2.24, 2.45) is 0 Å². The molecular formula is C15H15BrO2. The maximum Gasteiger partial charge on any atom is 0.106 e. The summed E-state index contributed by atoms with van der Waals surface area (Å²) in [6.07, 6.45) is -0.279. The van der Waals surface area contributed by atoms with E-state index in [0.717, 1.165) is 15.6 Å². The van der Waals surface area contributed by atoms with Gasteiger partial charge >= 0.3 is 0 Å². The summed E-state index contributed by atoms with van der Waals surface area (Å²) in [5.74, 6) is 0. The lowest BCUT2D eigenvalue weighted by molar-refractivity contribution is 0.00110. The minimum Gasteiger partial charge on any atom is -0.393 e. The minimum absolute atomic E-state index is 0.0194. The van der Waals surface area contributed by atoms with Gasteiger partial charge in [-0.15, -0.1) is 0 Å². The SMILES string of the molecule is OCC(OCc1ccccc1)c1ccc(Br)cc1. The molecule has 0 saturated heterocycles. The molecule has 0 amide bonds. The Morgan fingerprint density at radius 2 is 1.67 bits per heavy atom. The summed E-state index contributed by atoms with van der Waals surface area (Å²) in [5.41, 5.74) is 2.09. The second-order valence-electron chi connectivity index (χ2n) is 4.02. The Hall–Kier alpha value is -1.16. The molecule has 0 radical (unpaired) electrons. The first-order valence-corrected chi connectivity index (χ1v) is 6.61. The van der Waals surface area contributed by atoms with Gasteiger partial charge in [0.2, 0.25) is 0 Å². The fourth-order valence-corrected chi connectivity index (χ4v) is 1.97. The van der Waals surface area contributed by atoms with Gasteiger partial charge in [-0.1, -0.05) is 58.4 Å². The Kier molecular flexibility index (Phi) is 4.93. The molecule has 18 heavy (non-hydrogen) atoms. The van der Waals surface area contributed by atoms with E-state index in [4.69, 9.17) is 4.74 Å². The second-order valence-corrected chi connectivity index (χ2v) is 4.94. The van der Waals surface area contributed by atoms with Crippen molar-refractivity contribution < 1.29 is 9.84 Å². The van der Waals surface area contributed by atoms with Crippen LogP contribution in [0, 0.1) is 0 Å². The summed E-state index contributed by atoms with van der Waals surface area (Å²) in [5, 5.41) is 9.39. The smallest absolute Gasteiger partial charge is 0.106 e. The molecule has 0 aliphatic carbocycles. The Morgan fingerprint density at radius 3 is 2.28 bits per heavy atom. The highest BCUT2D eigenvalue weighted by atomic mass is 79.9. The van der Waals surface area contributed by atoms with Gasteiger partial charge in [-0.2, -0.15) is 0 Å². The van der Waals surface area contributed by atoms with E-state index in [0.29, 0.717) is 6.61 Å². The minimum atomic E-state index is -0.279. The maximum atomic E-state index is 9.39. The molecule has 0 bridgehead atoms. The van der Waals surface area contributed by atoms with E-state index in [1.807, 2.05) is 54.6 Å². The quantitative estimate of drug-likeness (QED) is 0.912. The van der Waals surface area contributed by atoms with Crippen LogP contribution in [0.3, 0.4) is 0 Å². The van der Waals surface area contributed by atoms with E-state index in [1.165, 1.54) is 0 Å². The number of rotatable bonds is 5. The van der Waals surface area contributed by atoms with Gasteiger partial charge in [0, 0.05) is 4.47 Å². The highest BCUT2D eigenvalue weighted by Crippen LogP contribution is 2.21. The second kappa shape index (κ2) is 6.69.